The van der Waals surface area contributed by atoms with Gasteiger partial charge in [0.25, 0.3) is 0 Å². The smallest absolute Gasteiger partial charge is 0.302 e. The minimum Gasteiger partial charge on any atom is -0.466 e. The van der Waals surface area contributed by atoms with E-state index in [9.17, 15) is 4.79 Å². The molecule has 1 fully saturated rings. The first-order chi connectivity index (χ1) is 12.2. The summed E-state index contributed by atoms with van der Waals surface area (Å²) in [6.07, 6.45) is 6.42. The Bertz CT molecular complexity index is 849. The number of esters is 1. The number of H-pyrrole nitrogens is 1. The molecule has 0 aliphatic carbocycles. The Labute approximate surface area is 148 Å². The van der Waals surface area contributed by atoms with Crippen molar-refractivity contribution in [2.24, 2.45) is 11.8 Å². The van der Waals surface area contributed by atoms with Crippen molar-refractivity contribution in [2.75, 3.05) is 19.7 Å². The summed E-state index contributed by atoms with van der Waals surface area (Å²) < 4.78 is 5.20. The Morgan fingerprint density at radius 2 is 2.28 bits per heavy atom. The van der Waals surface area contributed by atoms with Crippen LogP contribution in [0.2, 0.25) is 0 Å². The number of aromatic amines is 1. The van der Waals surface area contributed by atoms with Gasteiger partial charge >= 0.3 is 5.97 Å². The van der Waals surface area contributed by atoms with E-state index >= 15 is 0 Å². The largest absolute Gasteiger partial charge is 0.466 e. The van der Waals surface area contributed by atoms with Crippen molar-refractivity contribution in [2.45, 2.75) is 19.8 Å². The van der Waals surface area contributed by atoms with Crippen molar-refractivity contribution in [3.05, 3.63) is 54.3 Å². The molecule has 1 aromatic heterocycles. The molecule has 3 aliphatic rings. The lowest BCUT2D eigenvalue weighted by atomic mass is 9.80. The number of allylic oxidation sites excluding steroid dienone is 1. The third-order valence-electron chi connectivity index (χ3n) is 5.46. The third-order valence-corrected chi connectivity index (χ3v) is 5.46. The Morgan fingerprint density at radius 3 is 3.00 bits per heavy atom. The summed E-state index contributed by atoms with van der Waals surface area (Å²) in [7, 11) is 0. The highest BCUT2D eigenvalue weighted by Gasteiger charge is 2.34. The molecule has 25 heavy (non-hydrogen) atoms. The number of hydrogen-bond donors (Lipinski definition) is 1. The average Bonchev–Trinajstić information content (AvgIpc) is 3.00. The van der Waals surface area contributed by atoms with Crippen molar-refractivity contribution in [3.8, 4) is 0 Å². The highest BCUT2D eigenvalue weighted by atomic mass is 16.5. The molecular weight excluding hydrogens is 312 g/mol. The summed E-state index contributed by atoms with van der Waals surface area (Å²) in [5, 5.41) is 1.22. The fraction of sp³-hybridized carbons (Fsp3) is 0.381. The molecule has 1 N–H and O–H groups in total. The van der Waals surface area contributed by atoms with Gasteiger partial charge in [-0.05, 0) is 24.0 Å². The molecule has 0 amide bonds. The molecule has 5 rings (SSSR count). The molecular formula is C21H24N2O2. The monoisotopic (exact) mass is 336 g/mol. The summed E-state index contributed by atoms with van der Waals surface area (Å²) in [4.78, 5) is 17.2. The zero-order valence-corrected chi connectivity index (χ0v) is 14.6. The molecule has 1 saturated heterocycles. The summed E-state index contributed by atoms with van der Waals surface area (Å²) in [5.41, 5.74) is 4.86. The fourth-order valence-corrected chi connectivity index (χ4v) is 4.20. The zero-order valence-electron chi connectivity index (χ0n) is 14.6. The van der Waals surface area contributed by atoms with Gasteiger partial charge in [0.15, 0.2) is 0 Å². The SMILES string of the molecule is C=C[C@H]1CN2CC[C@H]1C=C2c1[nH]c2ccccc2c1CCOC(C)=O. The van der Waals surface area contributed by atoms with Gasteiger partial charge < -0.3 is 14.6 Å². The molecule has 2 bridgehead atoms. The standard InChI is InChI=1S/C21H24N2O2/c1-3-15-13-23-10-8-16(15)12-20(23)21-18(9-11-25-14(2)24)17-6-4-5-7-19(17)22-21/h3-7,12,15-16,22H,1,8-11,13H2,2H3/t15-,16-/m0/s1. The molecule has 0 unspecified atom stereocenters. The lowest BCUT2D eigenvalue weighted by molar-refractivity contribution is -0.140. The molecule has 3 aliphatic heterocycles. The topological polar surface area (TPSA) is 45.3 Å². The molecule has 4 nitrogen and oxygen atoms in total. The van der Waals surface area contributed by atoms with Crippen LogP contribution in [0.4, 0.5) is 0 Å². The number of benzene rings is 1. The van der Waals surface area contributed by atoms with Gasteiger partial charge in [-0.25, -0.2) is 0 Å². The van der Waals surface area contributed by atoms with Gasteiger partial charge in [0.2, 0.25) is 0 Å². The predicted molar refractivity (Wildman–Crippen MR) is 100.0 cm³/mol. The summed E-state index contributed by atoms with van der Waals surface area (Å²) in [5.74, 6) is 0.895. The van der Waals surface area contributed by atoms with E-state index in [4.69, 9.17) is 4.74 Å². The van der Waals surface area contributed by atoms with Gasteiger partial charge in [-0.15, -0.1) is 6.58 Å². The number of nitrogens with one attached hydrogen (secondary N) is 1. The maximum Gasteiger partial charge on any atom is 0.302 e. The first-order valence-corrected chi connectivity index (χ1v) is 9.00. The van der Waals surface area contributed by atoms with Crippen molar-refractivity contribution < 1.29 is 9.53 Å². The van der Waals surface area contributed by atoms with Gasteiger partial charge in [-0.2, -0.15) is 0 Å². The van der Waals surface area contributed by atoms with Crippen molar-refractivity contribution in [3.63, 3.8) is 0 Å². The maximum absolute atomic E-state index is 11.1. The first-order valence-electron chi connectivity index (χ1n) is 9.00. The molecule has 2 atom stereocenters. The van der Waals surface area contributed by atoms with Gasteiger partial charge in [-0.1, -0.05) is 30.4 Å². The summed E-state index contributed by atoms with van der Waals surface area (Å²) >= 11 is 0. The minimum absolute atomic E-state index is 0.227. The number of nitrogens with zero attached hydrogens (tertiary/aromatic N) is 1. The minimum atomic E-state index is -0.227. The van der Waals surface area contributed by atoms with E-state index in [1.807, 2.05) is 6.07 Å². The van der Waals surface area contributed by atoms with Crippen LogP contribution in [0.5, 0.6) is 0 Å². The van der Waals surface area contributed by atoms with E-state index in [1.54, 1.807) is 0 Å². The van der Waals surface area contributed by atoms with Crippen LogP contribution in [0.15, 0.2) is 43.0 Å². The van der Waals surface area contributed by atoms with Crippen LogP contribution in [0.1, 0.15) is 24.6 Å². The molecule has 130 valence electrons. The molecule has 2 aromatic rings. The van der Waals surface area contributed by atoms with Gasteiger partial charge in [-0.3, -0.25) is 4.79 Å². The molecule has 4 heteroatoms. The Hall–Kier alpha value is -2.49. The first kappa shape index (κ1) is 16.0. The van der Waals surface area contributed by atoms with Gasteiger partial charge in [0.1, 0.15) is 0 Å². The number of fused-ring (bicyclic) bond motifs is 3. The lowest BCUT2D eigenvalue weighted by Gasteiger charge is -2.44. The Kier molecular flexibility index (Phi) is 4.12. The number of hydrogen-bond acceptors (Lipinski definition) is 3. The van der Waals surface area contributed by atoms with Gasteiger partial charge in [0.05, 0.1) is 18.0 Å². The highest BCUT2D eigenvalue weighted by Crippen LogP contribution is 2.40. The van der Waals surface area contributed by atoms with E-state index in [0.29, 0.717) is 18.4 Å². The number of aromatic nitrogens is 1. The lowest BCUT2D eigenvalue weighted by Crippen LogP contribution is -2.42. The van der Waals surface area contributed by atoms with Crippen LogP contribution >= 0.6 is 0 Å². The Morgan fingerprint density at radius 1 is 1.44 bits per heavy atom. The van der Waals surface area contributed by atoms with E-state index < -0.39 is 0 Å². The quantitative estimate of drug-likeness (QED) is 0.668. The highest BCUT2D eigenvalue weighted by molar-refractivity contribution is 5.89. The van der Waals surface area contributed by atoms with Crippen LogP contribution in [-0.4, -0.2) is 35.5 Å². The number of carbonyl (C=O) groups is 1. The van der Waals surface area contributed by atoms with Gasteiger partial charge in [0, 0.05) is 43.3 Å². The Balaban J connectivity index is 1.74. The zero-order chi connectivity index (χ0) is 17.4. The number of carbonyl (C=O) groups excluding carboxylic acids is 1. The second-order valence-corrected chi connectivity index (χ2v) is 6.96. The van der Waals surface area contributed by atoms with E-state index in [2.05, 4.69) is 46.8 Å². The molecule has 0 radical (unpaired) electrons. The number of ether oxygens (including phenoxy) is 1. The summed E-state index contributed by atoms with van der Waals surface area (Å²) in [6, 6.07) is 8.36. The molecule has 4 heterocycles. The summed E-state index contributed by atoms with van der Waals surface area (Å²) in [6.45, 7) is 8.01. The number of piperidine rings is 1. The number of para-hydroxylation sites is 1. The fourth-order valence-electron chi connectivity index (χ4n) is 4.20. The molecule has 0 saturated carbocycles. The van der Waals surface area contributed by atoms with E-state index in [-0.39, 0.29) is 5.97 Å². The normalized spacial score (nSPS) is 22.1. The van der Waals surface area contributed by atoms with E-state index in [1.165, 1.54) is 35.7 Å². The van der Waals surface area contributed by atoms with E-state index in [0.717, 1.165) is 25.0 Å². The second-order valence-electron chi connectivity index (χ2n) is 6.96. The van der Waals surface area contributed by atoms with Crippen LogP contribution in [0.3, 0.4) is 0 Å². The maximum atomic E-state index is 11.1. The van der Waals surface area contributed by atoms with Crippen LogP contribution < -0.4 is 0 Å². The molecule has 1 aromatic carbocycles. The van der Waals surface area contributed by atoms with Crippen molar-refractivity contribution in [1.29, 1.82) is 0 Å². The predicted octanol–water partition coefficient (Wildman–Crippen LogP) is 3.75. The third kappa shape index (κ3) is 2.86. The molecule has 0 spiro atoms. The van der Waals surface area contributed by atoms with Crippen LogP contribution in [0.25, 0.3) is 16.6 Å². The number of rotatable bonds is 5. The van der Waals surface area contributed by atoms with Crippen LogP contribution in [-0.2, 0) is 16.0 Å². The van der Waals surface area contributed by atoms with Crippen LogP contribution in [0, 0.1) is 11.8 Å². The second kappa shape index (κ2) is 6.43. The van der Waals surface area contributed by atoms with Crippen molar-refractivity contribution in [1.82, 2.24) is 9.88 Å². The van der Waals surface area contributed by atoms with Crippen molar-refractivity contribution >= 4 is 22.6 Å². The average molecular weight is 336 g/mol.